The van der Waals surface area contributed by atoms with Crippen molar-refractivity contribution in [1.29, 1.82) is 0 Å². The van der Waals surface area contributed by atoms with Crippen LogP contribution in [0.15, 0.2) is 0 Å². The van der Waals surface area contributed by atoms with Crippen LogP contribution in [0.2, 0.25) is 0 Å². The highest BCUT2D eigenvalue weighted by Crippen LogP contribution is 2.18. The van der Waals surface area contributed by atoms with Crippen LogP contribution < -0.4 is 22.5 Å². The van der Waals surface area contributed by atoms with E-state index in [0.29, 0.717) is 18.1 Å². The smallest absolute Gasteiger partial charge is 0.444 e. The molecule has 0 spiro atoms. The average Bonchev–Trinajstić information content (AvgIpc) is 2.68. The van der Waals surface area contributed by atoms with Gasteiger partial charge in [0.2, 0.25) is 0 Å². The van der Waals surface area contributed by atoms with E-state index in [1.165, 1.54) is 0 Å². The molecule has 0 saturated heterocycles. The van der Waals surface area contributed by atoms with E-state index in [0.717, 1.165) is 51.4 Å². The minimum Gasteiger partial charge on any atom is -0.444 e. The van der Waals surface area contributed by atoms with Gasteiger partial charge in [0, 0.05) is 24.2 Å². The summed E-state index contributed by atoms with van der Waals surface area (Å²) in [5.41, 5.74) is 15.3. The van der Waals surface area contributed by atoms with E-state index >= 15 is 0 Å². The van der Waals surface area contributed by atoms with Gasteiger partial charge >= 0.3 is 18.4 Å². The molecule has 0 radical (unpaired) electrons. The first kappa shape index (κ1) is 42.4. The third kappa shape index (κ3) is 26.1. The third-order valence-corrected chi connectivity index (χ3v) is 5.25. The van der Waals surface area contributed by atoms with Gasteiger partial charge in [0.25, 0.3) is 0 Å². The summed E-state index contributed by atoms with van der Waals surface area (Å²) in [4.78, 5) is 33.5. The van der Waals surface area contributed by atoms with Crippen LogP contribution in [0.1, 0.15) is 129 Å². The lowest BCUT2D eigenvalue weighted by atomic mass is 9.92. The number of nitrogens with one attached hydrogen (secondary N) is 1. The van der Waals surface area contributed by atoms with Gasteiger partial charge in [0.1, 0.15) is 16.8 Å². The molecule has 0 unspecified atom stereocenters. The van der Waals surface area contributed by atoms with Gasteiger partial charge in [0.15, 0.2) is 0 Å². The lowest BCUT2D eigenvalue weighted by Gasteiger charge is -2.28. The van der Waals surface area contributed by atoms with E-state index < -0.39 is 29.1 Å². The predicted octanol–water partition coefficient (Wildman–Crippen LogP) is 6.14. The number of hydrogen-bond donors (Lipinski definition) is 4. The summed E-state index contributed by atoms with van der Waals surface area (Å²) in [6.07, 6.45) is 5.96. The highest BCUT2D eigenvalue weighted by molar-refractivity contribution is 5.77. The van der Waals surface area contributed by atoms with E-state index in [-0.39, 0.29) is 27.0 Å². The van der Waals surface area contributed by atoms with Crippen molar-refractivity contribution in [3.05, 3.63) is 0 Å². The van der Waals surface area contributed by atoms with Crippen molar-refractivity contribution in [1.82, 2.24) is 5.32 Å². The van der Waals surface area contributed by atoms with Crippen LogP contribution in [0, 0.1) is 0 Å². The van der Waals surface area contributed by atoms with Crippen LogP contribution in [-0.4, -0.2) is 59.4 Å². The summed E-state index contributed by atoms with van der Waals surface area (Å²) in [6.45, 7) is 15.6. The zero-order valence-electron chi connectivity index (χ0n) is 25.1. The maximum Gasteiger partial charge on any atom is 0.519 e. The van der Waals surface area contributed by atoms with Crippen LogP contribution in [0.5, 0.6) is 0 Å². The van der Waals surface area contributed by atoms with Crippen molar-refractivity contribution in [3.63, 3.8) is 0 Å². The maximum absolute atomic E-state index is 11.4. The molecule has 40 heavy (non-hydrogen) atoms. The fourth-order valence-corrected chi connectivity index (χ4v) is 3.49. The second-order valence-electron chi connectivity index (χ2n) is 13.0. The first-order valence-corrected chi connectivity index (χ1v) is 13.6. The van der Waals surface area contributed by atoms with Crippen LogP contribution >= 0.6 is 0 Å². The number of carbonyl (C=O) groups is 3. The second kappa shape index (κ2) is 19.1. The maximum atomic E-state index is 11.4. The molecule has 2 saturated carbocycles. The quantitative estimate of drug-likeness (QED) is 0.160. The Balaban J connectivity index is -0.000000522. The summed E-state index contributed by atoms with van der Waals surface area (Å²) in [6, 6.07) is 1.42. The van der Waals surface area contributed by atoms with Gasteiger partial charge in [-0.15, -0.1) is 0 Å². The molecule has 0 atom stereocenters. The van der Waals surface area contributed by atoms with Crippen molar-refractivity contribution in [3.8, 4) is 0 Å². The molecule has 2 aliphatic rings. The number of rotatable bonds is 1. The number of alkyl carbamates (subject to hydrolysis) is 1. The fraction of sp³-hybridized carbons (Fsp3) is 0.897. The lowest BCUT2D eigenvalue weighted by molar-refractivity contribution is -0.0294. The van der Waals surface area contributed by atoms with Crippen molar-refractivity contribution in [2.45, 2.75) is 170 Å². The number of hydrogen-bond acceptors (Lipinski definition) is 10. The molecule has 0 aromatic rings. The molecule has 0 heterocycles. The molecule has 0 aromatic carbocycles. The Morgan fingerprint density at radius 3 is 1.10 bits per heavy atom. The summed E-state index contributed by atoms with van der Waals surface area (Å²) < 4.78 is 19.0. The molecule has 0 bridgehead atoms. The average molecular weight is 579 g/mol. The molecule has 2 aliphatic carbocycles. The van der Waals surface area contributed by atoms with Gasteiger partial charge in [-0.2, -0.15) is 0 Å². The van der Waals surface area contributed by atoms with Gasteiger partial charge < -0.3 is 41.5 Å². The monoisotopic (exact) mass is 578 g/mol. The van der Waals surface area contributed by atoms with E-state index in [1.54, 1.807) is 41.5 Å². The van der Waals surface area contributed by atoms with Crippen molar-refractivity contribution < 1.29 is 33.3 Å². The molecule has 0 aliphatic heterocycles. The Labute approximate surface area is 243 Å². The largest absolute Gasteiger partial charge is 0.519 e. The Bertz CT molecular complexity index is 675. The van der Waals surface area contributed by atoms with E-state index in [9.17, 15) is 14.4 Å². The highest BCUT2D eigenvalue weighted by Gasteiger charge is 2.25. The van der Waals surface area contributed by atoms with Crippen LogP contribution in [-0.2, 0) is 18.9 Å². The minimum atomic E-state index is -1.06. The minimum absolute atomic E-state index is 0. The Morgan fingerprint density at radius 2 is 0.825 bits per heavy atom. The lowest BCUT2D eigenvalue weighted by Crippen LogP contribution is -2.42. The van der Waals surface area contributed by atoms with Crippen molar-refractivity contribution >= 4 is 18.4 Å². The summed E-state index contributed by atoms with van der Waals surface area (Å²) in [7, 11) is 0. The molecule has 2 rings (SSSR count). The highest BCUT2D eigenvalue weighted by atomic mass is 16.8. The number of carbonyl (C=O) groups excluding carboxylic acids is 3. The zero-order valence-corrected chi connectivity index (χ0v) is 25.1. The first-order chi connectivity index (χ1) is 17.1. The molecule has 240 valence electrons. The van der Waals surface area contributed by atoms with Gasteiger partial charge in [-0.3, -0.25) is 0 Å². The van der Waals surface area contributed by atoms with Gasteiger partial charge in [0.05, 0.1) is 0 Å². The fourth-order valence-electron chi connectivity index (χ4n) is 3.49. The first-order valence-electron chi connectivity index (χ1n) is 13.6. The van der Waals surface area contributed by atoms with Crippen LogP contribution in [0.3, 0.4) is 0 Å². The molecular formula is C29H62N4O7. The topological polar surface area (TPSA) is 178 Å². The Morgan fingerprint density at radius 1 is 0.550 bits per heavy atom. The van der Waals surface area contributed by atoms with Gasteiger partial charge in [-0.05, 0) is 114 Å². The van der Waals surface area contributed by atoms with E-state index in [1.807, 2.05) is 20.8 Å². The summed E-state index contributed by atoms with van der Waals surface area (Å²) in [5.74, 6) is 0. The number of nitrogens with two attached hydrogens (primary N) is 3. The van der Waals surface area contributed by atoms with E-state index in [4.69, 9.17) is 31.4 Å². The molecule has 1 amide bonds. The second-order valence-corrected chi connectivity index (χ2v) is 13.0. The third-order valence-electron chi connectivity index (χ3n) is 5.25. The molecule has 11 nitrogen and oxygen atoms in total. The Kier molecular flexibility index (Phi) is 20.2. The van der Waals surface area contributed by atoms with Crippen molar-refractivity contribution in [2.75, 3.05) is 0 Å². The molecule has 0 aromatic heterocycles. The SMILES string of the molecule is C.C.CC(C)(C)OC(=O)NC1CCC(N)CC1.CC(C)(C)OC(=O)OC(=O)OC(C)(C)C.NC1CCC(N)CC1. The molecule has 7 N–H and O–H groups in total. The van der Waals surface area contributed by atoms with Crippen LogP contribution in [0.4, 0.5) is 14.4 Å². The molecule has 2 fully saturated rings. The standard InChI is InChI=1S/C11H22N2O2.C10H18O5.C6H14N2.2CH4/c1-11(2,3)15-10(14)13-9-6-4-8(12)5-7-9;1-9(2,3)14-7(11)13-8(12)15-10(4,5)6;7-5-1-2-6(8)4-3-5;;/h8-9H,4-7,12H2,1-3H3,(H,13,14);1-6H3;5-6H,1-4,7-8H2;2*1H4. The van der Waals surface area contributed by atoms with Crippen LogP contribution in [0.25, 0.3) is 0 Å². The number of ether oxygens (including phenoxy) is 4. The summed E-state index contributed by atoms with van der Waals surface area (Å²) >= 11 is 0. The van der Waals surface area contributed by atoms with Gasteiger partial charge in [-0.1, -0.05) is 14.9 Å². The van der Waals surface area contributed by atoms with Gasteiger partial charge in [-0.25, -0.2) is 14.4 Å². The normalized spacial score (nSPS) is 22.6. The van der Waals surface area contributed by atoms with Crippen molar-refractivity contribution in [2.24, 2.45) is 17.2 Å². The number of amides is 1. The summed E-state index contributed by atoms with van der Waals surface area (Å²) in [5, 5.41) is 2.88. The zero-order chi connectivity index (χ0) is 29.7. The predicted molar refractivity (Wildman–Crippen MR) is 161 cm³/mol. The Hall–Kier alpha value is -2.11. The molecule has 11 heteroatoms. The van der Waals surface area contributed by atoms with E-state index in [2.05, 4.69) is 10.1 Å². The molecular weight excluding hydrogens is 516 g/mol.